The molecule has 0 saturated carbocycles. The van der Waals surface area contributed by atoms with E-state index in [1.54, 1.807) is 0 Å². The summed E-state index contributed by atoms with van der Waals surface area (Å²) < 4.78 is 2.39. The molecule has 2 nitrogen and oxygen atoms in total. The molecule has 3 aromatic rings. The van der Waals surface area contributed by atoms with Gasteiger partial charge in [0.2, 0.25) is 0 Å². The van der Waals surface area contributed by atoms with E-state index in [0.29, 0.717) is 12.3 Å². The summed E-state index contributed by atoms with van der Waals surface area (Å²) in [6.45, 7) is 0. The van der Waals surface area contributed by atoms with Gasteiger partial charge in [-0.3, -0.25) is 0 Å². The monoisotopic (exact) mass is 289 g/mol. The Labute approximate surface area is 130 Å². The third-order valence-electron chi connectivity index (χ3n) is 4.79. The molecule has 1 aliphatic rings. The van der Waals surface area contributed by atoms with E-state index in [1.165, 1.54) is 27.8 Å². The van der Waals surface area contributed by atoms with Crippen LogP contribution in [0.3, 0.4) is 0 Å². The van der Waals surface area contributed by atoms with Crippen LogP contribution < -0.4 is 0 Å². The number of benzene rings is 2. The van der Waals surface area contributed by atoms with Crippen molar-refractivity contribution in [1.82, 2.24) is 4.57 Å². The Morgan fingerprint density at radius 3 is 2.64 bits per heavy atom. The van der Waals surface area contributed by atoms with Gasteiger partial charge in [-0.15, -0.1) is 0 Å². The summed E-state index contributed by atoms with van der Waals surface area (Å²) in [7, 11) is 0. The summed E-state index contributed by atoms with van der Waals surface area (Å²) in [5, 5.41) is 1.31. The summed E-state index contributed by atoms with van der Waals surface area (Å²) in [5.41, 5.74) is 5.27. The number of rotatable bonds is 3. The number of carbonyl (C=O) groups excluding carboxylic acids is 1. The molecule has 0 radical (unpaired) electrons. The van der Waals surface area contributed by atoms with Gasteiger partial charge in [0.25, 0.3) is 0 Å². The normalized spacial score (nSPS) is 17.4. The standard InChI is InChI=1S/C20H19NO/c22-14-13-15-7-6-12-19-20(15)17-10-4-5-11-18(17)21(19)16-8-2-1-3-9-16/h1-5,8-11,14-15H,6-7,12-13H2. The second-order valence-corrected chi connectivity index (χ2v) is 6.04. The fourth-order valence-corrected chi connectivity index (χ4v) is 3.90. The number of aldehydes is 1. The van der Waals surface area contributed by atoms with Gasteiger partial charge in [0, 0.05) is 23.2 Å². The van der Waals surface area contributed by atoms with Crippen LogP contribution in [0.5, 0.6) is 0 Å². The Morgan fingerprint density at radius 1 is 1.05 bits per heavy atom. The van der Waals surface area contributed by atoms with Crippen molar-refractivity contribution >= 4 is 17.2 Å². The summed E-state index contributed by atoms with van der Waals surface area (Å²) in [6, 6.07) is 19.1. The molecule has 1 unspecified atom stereocenters. The number of fused-ring (bicyclic) bond motifs is 3. The Kier molecular flexibility index (Phi) is 3.30. The van der Waals surface area contributed by atoms with E-state index in [4.69, 9.17) is 0 Å². The number of nitrogens with zero attached hydrogens (tertiary/aromatic N) is 1. The zero-order chi connectivity index (χ0) is 14.9. The molecule has 0 N–H and O–H groups in total. The maximum Gasteiger partial charge on any atom is 0.120 e. The van der Waals surface area contributed by atoms with Crippen molar-refractivity contribution in [2.24, 2.45) is 0 Å². The molecule has 0 bridgehead atoms. The number of hydrogen-bond acceptors (Lipinski definition) is 1. The molecule has 0 amide bonds. The highest BCUT2D eigenvalue weighted by atomic mass is 16.1. The fraction of sp³-hybridized carbons (Fsp3) is 0.250. The molecule has 1 aromatic heterocycles. The number of para-hydroxylation sites is 2. The van der Waals surface area contributed by atoms with Gasteiger partial charge < -0.3 is 9.36 Å². The molecule has 22 heavy (non-hydrogen) atoms. The van der Waals surface area contributed by atoms with Crippen molar-refractivity contribution in [1.29, 1.82) is 0 Å². The molecule has 0 spiro atoms. The number of aromatic nitrogens is 1. The zero-order valence-electron chi connectivity index (χ0n) is 12.5. The van der Waals surface area contributed by atoms with Crippen LogP contribution in [0.2, 0.25) is 0 Å². The average molecular weight is 289 g/mol. The van der Waals surface area contributed by atoms with Crippen LogP contribution in [0, 0.1) is 0 Å². The lowest BCUT2D eigenvalue weighted by molar-refractivity contribution is -0.108. The highest BCUT2D eigenvalue weighted by Gasteiger charge is 2.27. The van der Waals surface area contributed by atoms with Gasteiger partial charge in [-0.1, -0.05) is 36.4 Å². The topological polar surface area (TPSA) is 22.0 Å². The summed E-state index contributed by atoms with van der Waals surface area (Å²) in [5.74, 6) is 0.371. The number of hydrogen-bond donors (Lipinski definition) is 0. The van der Waals surface area contributed by atoms with Crippen molar-refractivity contribution in [3.05, 3.63) is 65.9 Å². The molecule has 1 aliphatic carbocycles. The first-order valence-corrected chi connectivity index (χ1v) is 8.01. The Balaban J connectivity index is 2.04. The maximum absolute atomic E-state index is 11.1. The van der Waals surface area contributed by atoms with Gasteiger partial charge >= 0.3 is 0 Å². The fourth-order valence-electron chi connectivity index (χ4n) is 3.90. The molecule has 0 saturated heterocycles. The highest BCUT2D eigenvalue weighted by molar-refractivity contribution is 5.88. The van der Waals surface area contributed by atoms with Gasteiger partial charge in [0.15, 0.2) is 0 Å². The van der Waals surface area contributed by atoms with Gasteiger partial charge in [-0.2, -0.15) is 0 Å². The van der Waals surface area contributed by atoms with Crippen LogP contribution >= 0.6 is 0 Å². The third-order valence-corrected chi connectivity index (χ3v) is 4.79. The molecule has 1 heterocycles. The van der Waals surface area contributed by atoms with Crippen LogP contribution in [0.4, 0.5) is 0 Å². The average Bonchev–Trinajstić information content (AvgIpc) is 2.91. The lowest BCUT2D eigenvalue weighted by Crippen LogP contribution is -2.12. The summed E-state index contributed by atoms with van der Waals surface area (Å²) >= 11 is 0. The predicted molar refractivity (Wildman–Crippen MR) is 89.6 cm³/mol. The van der Waals surface area contributed by atoms with Crippen LogP contribution in [-0.2, 0) is 11.2 Å². The zero-order valence-corrected chi connectivity index (χ0v) is 12.5. The van der Waals surface area contributed by atoms with Gasteiger partial charge in [-0.05, 0) is 48.9 Å². The van der Waals surface area contributed by atoms with E-state index in [1.807, 2.05) is 0 Å². The Hall–Kier alpha value is -2.35. The molecule has 2 aromatic carbocycles. The highest BCUT2D eigenvalue weighted by Crippen LogP contribution is 2.41. The van der Waals surface area contributed by atoms with E-state index in [-0.39, 0.29) is 0 Å². The van der Waals surface area contributed by atoms with Crippen LogP contribution in [0.25, 0.3) is 16.6 Å². The molecule has 0 aliphatic heterocycles. The van der Waals surface area contributed by atoms with Crippen LogP contribution in [0.1, 0.15) is 36.4 Å². The van der Waals surface area contributed by atoms with E-state index < -0.39 is 0 Å². The minimum atomic E-state index is 0.371. The van der Waals surface area contributed by atoms with Gasteiger partial charge in [0.05, 0.1) is 5.52 Å². The second-order valence-electron chi connectivity index (χ2n) is 6.04. The van der Waals surface area contributed by atoms with Crippen molar-refractivity contribution < 1.29 is 4.79 Å². The Morgan fingerprint density at radius 2 is 1.82 bits per heavy atom. The van der Waals surface area contributed by atoms with E-state index in [9.17, 15) is 4.79 Å². The van der Waals surface area contributed by atoms with Crippen LogP contribution in [0.15, 0.2) is 54.6 Å². The Bertz CT molecular complexity index is 816. The first-order chi connectivity index (χ1) is 10.9. The van der Waals surface area contributed by atoms with E-state index in [2.05, 4.69) is 59.2 Å². The molecular formula is C20H19NO. The largest absolute Gasteiger partial charge is 0.313 e. The maximum atomic E-state index is 11.1. The minimum Gasteiger partial charge on any atom is -0.313 e. The lowest BCUT2D eigenvalue weighted by atomic mass is 9.83. The van der Waals surface area contributed by atoms with Crippen molar-refractivity contribution in [3.63, 3.8) is 0 Å². The second kappa shape index (κ2) is 5.45. The van der Waals surface area contributed by atoms with Gasteiger partial charge in [0.1, 0.15) is 6.29 Å². The van der Waals surface area contributed by atoms with E-state index >= 15 is 0 Å². The quantitative estimate of drug-likeness (QED) is 0.644. The molecule has 0 fully saturated rings. The van der Waals surface area contributed by atoms with Crippen molar-refractivity contribution in [3.8, 4) is 5.69 Å². The first kappa shape index (κ1) is 13.3. The third kappa shape index (κ3) is 1.98. The predicted octanol–water partition coefficient (Wildman–Crippen LogP) is 4.64. The van der Waals surface area contributed by atoms with Gasteiger partial charge in [-0.25, -0.2) is 0 Å². The van der Waals surface area contributed by atoms with Crippen molar-refractivity contribution in [2.75, 3.05) is 0 Å². The molecule has 2 heteroatoms. The first-order valence-electron chi connectivity index (χ1n) is 8.01. The molecule has 110 valence electrons. The molecule has 1 atom stereocenters. The smallest absolute Gasteiger partial charge is 0.120 e. The summed E-state index contributed by atoms with van der Waals surface area (Å²) in [4.78, 5) is 11.1. The van der Waals surface area contributed by atoms with Crippen molar-refractivity contribution in [2.45, 2.75) is 31.6 Å². The lowest BCUT2D eigenvalue weighted by Gasteiger charge is -2.23. The SMILES string of the molecule is O=CCC1CCCc2c1c1ccccc1n2-c1ccccc1. The summed E-state index contributed by atoms with van der Waals surface area (Å²) in [6.07, 6.45) is 5.08. The molecular weight excluding hydrogens is 270 g/mol. The van der Waals surface area contributed by atoms with E-state index in [0.717, 1.165) is 25.5 Å². The number of carbonyl (C=O) groups is 1. The minimum absolute atomic E-state index is 0.371. The molecule has 4 rings (SSSR count). The van der Waals surface area contributed by atoms with Crippen LogP contribution in [-0.4, -0.2) is 10.9 Å².